The maximum absolute atomic E-state index is 13.5. The third-order valence-corrected chi connectivity index (χ3v) is 5.93. The number of ether oxygens (including phenoxy) is 3. The number of hydrogen-bond donors (Lipinski definition) is 1. The van der Waals surface area contributed by atoms with Crippen LogP contribution >= 0.6 is 0 Å². The number of methoxy groups -OCH3 is 1. The summed E-state index contributed by atoms with van der Waals surface area (Å²) < 4.78 is 29.2. The number of halogens is 1. The standard InChI is InChI=1S/C26H22FN3O6/c1-34-20-4-2-3-19(12-20)30-25(32)21(13-24(31)28-18-8-6-17(27)7-9-18)29(26(30)33)14-16-5-10-22-23(11-16)36-15-35-22/h2-12,21H,13-15H2,1H3,(H,28,31)/t21-/m0/s1. The van der Waals surface area contributed by atoms with Gasteiger partial charge in [-0.1, -0.05) is 12.1 Å². The first-order valence-corrected chi connectivity index (χ1v) is 11.2. The third kappa shape index (κ3) is 4.52. The molecule has 0 radical (unpaired) electrons. The molecule has 0 aliphatic carbocycles. The minimum absolute atomic E-state index is 0.0657. The Morgan fingerprint density at radius 1 is 1.06 bits per heavy atom. The fourth-order valence-corrected chi connectivity index (χ4v) is 4.16. The highest BCUT2D eigenvalue weighted by molar-refractivity contribution is 6.22. The lowest BCUT2D eigenvalue weighted by Gasteiger charge is -2.22. The van der Waals surface area contributed by atoms with E-state index in [1.807, 2.05) is 0 Å². The van der Waals surface area contributed by atoms with Crippen molar-refractivity contribution in [3.8, 4) is 17.2 Å². The van der Waals surface area contributed by atoms with Crippen molar-refractivity contribution in [1.29, 1.82) is 0 Å². The predicted molar refractivity (Wildman–Crippen MR) is 127 cm³/mol. The lowest BCUT2D eigenvalue weighted by Crippen LogP contribution is -2.37. The number of benzene rings is 3. The van der Waals surface area contributed by atoms with Crippen molar-refractivity contribution in [3.63, 3.8) is 0 Å². The normalized spacial score (nSPS) is 16.4. The second kappa shape index (κ2) is 9.57. The van der Waals surface area contributed by atoms with Crippen LogP contribution in [0.3, 0.4) is 0 Å². The number of rotatable bonds is 7. The lowest BCUT2D eigenvalue weighted by molar-refractivity contribution is -0.124. The molecule has 3 aromatic rings. The monoisotopic (exact) mass is 491 g/mol. The van der Waals surface area contributed by atoms with Crippen molar-refractivity contribution in [2.45, 2.75) is 19.0 Å². The Bertz CT molecular complexity index is 1330. The number of fused-ring (bicyclic) bond motifs is 1. The summed E-state index contributed by atoms with van der Waals surface area (Å²) in [6.45, 7) is 0.173. The Kier molecular flexibility index (Phi) is 6.16. The van der Waals surface area contributed by atoms with Gasteiger partial charge in [0, 0.05) is 18.3 Å². The topological polar surface area (TPSA) is 97.4 Å². The van der Waals surface area contributed by atoms with Gasteiger partial charge in [0.25, 0.3) is 5.91 Å². The van der Waals surface area contributed by atoms with Gasteiger partial charge in [0.1, 0.15) is 17.6 Å². The number of hydrogen-bond acceptors (Lipinski definition) is 6. The van der Waals surface area contributed by atoms with Crippen molar-refractivity contribution in [2.24, 2.45) is 0 Å². The summed E-state index contributed by atoms with van der Waals surface area (Å²) in [5.74, 6) is 0.150. The fourth-order valence-electron chi connectivity index (χ4n) is 4.16. The lowest BCUT2D eigenvalue weighted by atomic mass is 10.1. The Balaban J connectivity index is 1.42. The van der Waals surface area contributed by atoms with Crippen LogP contribution in [0.5, 0.6) is 17.2 Å². The van der Waals surface area contributed by atoms with E-state index in [0.29, 0.717) is 34.2 Å². The number of carbonyl (C=O) groups excluding carboxylic acids is 3. The molecule has 0 bridgehead atoms. The average molecular weight is 491 g/mol. The molecule has 184 valence electrons. The molecule has 1 saturated heterocycles. The highest BCUT2D eigenvalue weighted by Crippen LogP contribution is 2.35. The summed E-state index contributed by atoms with van der Waals surface area (Å²) >= 11 is 0. The Labute approximate surface area is 206 Å². The maximum atomic E-state index is 13.5. The zero-order valence-corrected chi connectivity index (χ0v) is 19.3. The zero-order valence-electron chi connectivity index (χ0n) is 19.3. The molecule has 0 aromatic heterocycles. The van der Waals surface area contributed by atoms with Gasteiger partial charge in [0.05, 0.1) is 19.2 Å². The van der Waals surface area contributed by atoms with Crippen LogP contribution in [0.1, 0.15) is 12.0 Å². The SMILES string of the molecule is COc1cccc(N2C(=O)[C@H](CC(=O)Nc3ccc(F)cc3)N(Cc3ccc4c(c3)OCO4)C2=O)c1. The zero-order chi connectivity index (χ0) is 25.2. The number of urea groups is 1. The van der Waals surface area contributed by atoms with Gasteiger partial charge in [-0.2, -0.15) is 0 Å². The number of nitrogens with one attached hydrogen (secondary N) is 1. The van der Waals surface area contributed by atoms with Crippen LogP contribution in [-0.2, 0) is 16.1 Å². The van der Waals surface area contributed by atoms with Gasteiger partial charge in [-0.3, -0.25) is 9.59 Å². The van der Waals surface area contributed by atoms with Crippen molar-refractivity contribution in [1.82, 2.24) is 4.90 Å². The summed E-state index contributed by atoms with van der Waals surface area (Å²) in [5, 5.41) is 2.65. The van der Waals surface area contributed by atoms with Crippen molar-refractivity contribution < 1.29 is 33.0 Å². The van der Waals surface area contributed by atoms with Crippen LogP contribution < -0.4 is 24.4 Å². The fraction of sp³-hybridized carbons (Fsp3) is 0.192. The predicted octanol–water partition coefficient (Wildman–Crippen LogP) is 3.93. The quantitative estimate of drug-likeness (QED) is 0.503. The highest BCUT2D eigenvalue weighted by atomic mass is 19.1. The van der Waals surface area contributed by atoms with Gasteiger partial charge in [-0.25, -0.2) is 14.1 Å². The molecule has 2 aliphatic heterocycles. The van der Waals surface area contributed by atoms with E-state index in [2.05, 4.69) is 5.32 Å². The largest absolute Gasteiger partial charge is 0.497 e. The van der Waals surface area contributed by atoms with Gasteiger partial charge >= 0.3 is 6.03 Å². The van der Waals surface area contributed by atoms with E-state index in [4.69, 9.17) is 14.2 Å². The van der Waals surface area contributed by atoms with Crippen molar-refractivity contribution in [3.05, 3.63) is 78.1 Å². The van der Waals surface area contributed by atoms with Gasteiger partial charge in [-0.05, 0) is 54.1 Å². The van der Waals surface area contributed by atoms with Crippen LogP contribution in [0.25, 0.3) is 0 Å². The highest BCUT2D eigenvalue weighted by Gasteiger charge is 2.46. The van der Waals surface area contributed by atoms with E-state index < -0.39 is 29.7 Å². The van der Waals surface area contributed by atoms with E-state index in [0.717, 1.165) is 4.90 Å². The molecule has 1 fully saturated rings. The van der Waals surface area contributed by atoms with E-state index in [1.165, 1.54) is 36.3 Å². The van der Waals surface area contributed by atoms with Crippen LogP contribution in [-0.4, -0.2) is 42.7 Å². The Morgan fingerprint density at radius 3 is 2.61 bits per heavy atom. The van der Waals surface area contributed by atoms with Crippen LogP contribution in [0.2, 0.25) is 0 Å². The van der Waals surface area contributed by atoms with E-state index in [1.54, 1.807) is 42.5 Å². The second-order valence-corrected chi connectivity index (χ2v) is 8.25. The first-order chi connectivity index (χ1) is 17.4. The molecule has 10 heteroatoms. The molecule has 5 rings (SSSR count). The average Bonchev–Trinajstić information content (AvgIpc) is 3.43. The molecule has 1 atom stereocenters. The number of anilines is 2. The molecule has 4 amide bonds. The summed E-state index contributed by atoms with van der Waals surface area (Å²) in [6, 6.07) is 15.5. The molecular weight excluding hydrogens is 469 g/mol. The Morgan fingerprint density at radius 2 is 1.83 bits per heavy atom. The summed E-state index contributed by atoms with van der Waals surface area (Å²) in [4.78, 5) is 42.2. The number of carbonyl (C=O) groups is 3. The Hall–Kier alpha value is -4.60. The van der Waals surface area contributed by atoms with E-state index >= 15 is 0 Å². The van der Waals surface area contributed by atoms with Crippen molar-refractivity contribution in [2.75, 3.05) is 24.1 Å². The summed E-state index contributed by atoms with van der Waals surface area (Å²) in [6.07, 6.45) is -0.285. The maximum Gasteiger partial charge on any atom is 0.332 e. The number of nitrogens with zero attached hydrogens (tertiary/aromatic N) is 2. The third-order valence-electron chi connectivity index (χ3n) is 5.93. The smallest absolute Gasteiger partial charge is 0.332 e. The van der Waals surface area contributed by atoms with Gasteiger partial charge in [0.15, 0.2) is 11.5 Å². The summed E-state index contributed by atoms with van der Waals surface area (Å²) in [7, 11) is 1.49. The van der Waals surface area contributed by atoms with E-state index in [-0.39, 0.29) is 19.8 Å². The van der Waals surface area contributed by atoms with Crippen LogP contribution in [0.15, 0.2) is 66.7 Å². The molecule has 0 saturated carbocycles. The molecule has 0 spiro atoms. The molecular formula is C26H22FN3O6. The van der Waals surface area contributed by atoms with Crippen LogP contribution in [0, 0.1) is 5.82 Å². The molecule has 2 aliphatic rings. The molecule has 3 aromatic carbocycles. The first-order valence-electron chi connectivity index (χ1n) is 11.2. The van der Waals surface area contributed by atoms with Crippen LogP contribution in [0.4, 0.5) is 20.6 Å². The molecule has 1 N–H and O–H groups in total. The van der Waals surface area contributed by atoms with Gasteiger partial charge in [-0.15, -0.1) is 0 Å². The first kappa shape index (κ1) is 23.2. The molecule has 36 heavy (non-hydrogen) atoms. The molecule has 0 unspecified atom stereocenters. The number of amides is 4. The van der Waals surface area contributed by atoms with E-state index in [9.17, 15) is 18.8 Å². The molecule has 2 heterocycles. The minimum Gasteiger partial charge on any atom is -0.497 e. The summed E-state index contributed by atoms with van der Waals surface area (Å²) in [5.41, 5.74) is 1.42. The second-order valence-electron chi connectivity index (χ2n) is 8.25. The molecule has 9 nitrogen and oxygen atoms in total. The van der Waals surface area contributed by atoms with Crippen molar-refractivity contribution >= 4 is 29.2 Å². The van der Waals surface area contributed by atoms with Gasteiger partial charge < -0.3 is 24.4 Å². The minimum atomic E-state index is -1.06. The number of imide groups is 1. The van der Waals surface area contributed by atoms with Gasteiger partial charge in [0.2, 0.25) is 12.7 Å².